The molecule has 0 amide bonds. The van der Waals surface area contributed by atoms with Crippen LogP contribution in [-0.4, -0.2) is 38.5 Å². The molecule has 1 aromatic heterocycles. The van der Waals surface area contributed by atoms with Crippen molar-refractivity contribution in [1.82, 2.24) is 8.61 Å². The van der Waals surface area contributed by atoms with Gasteiger partial charge in [-0.05, 0) is 65.8 Å². The number of furan rings is 1. The van der Waals surface area contributed by atoms with Gasteiger partial charge in [-0.3, -0.25) is 0 Å². The smallest absolute Gasteiger partial charge is 0.243 e. The molecule has 2 aromatic carbocycles. The van der Waals surface area contributed by atoms with Gasteiger partial charge in [0.25, 0.3) is 0 Å². The molecule has 0 N–H and O–H groups in total. The summed E-state index contributed by atoms with van der Waals surface area (Å²) in [4.78, 5) is 0.143. The first-order valence-corrected chi connectivity index (χ1v) is 14.6. The molecule has 7 nitrogen and oxygen atoms in total. The van der Waals surface area contributed by atoms with E-state index in [4.69, 9.17) is 4.42 Å². The predicted molar refractivity (Wildman–Crippen MR) is 135 cm³/mol. The average molecular weight is 517 g/mol. The number of nitrogens with zero attached hydrogens (tertiary/aromatic N) is 2. The van der Waals surface area contributed by atoms with Gasteiger partial charge in [0, 0.05) is 19.6 Å². The Morgan fingerprint density at radius 1 is 0.829 bits per heavy atom. The van der Waals surface area contributed by atoms with Crippen LogP contribution in [0.4, 0.5) is 0 Å². The van der Waals surface area contributed by atoms with Crippen LogP contribution in [-0.2, 0) is 38.6 Å². The van der Waals surface area contributed by atoms with Crippen molar-refractivity contribution in [1.29, 1.82) is 0 Å². The minimum absolute atomic E-state index is 0.00435. The first kappa shape index (κ1) is 25.6. The lowest BCUT2D eigenvalue weighted by Gasteiger charge is -2.23. The molecule has 1 fully saturated rings. The van der Waals surface area contributed by atoms with Gasteiger partial charge in [-0.25, -0.2) is 16.8 Å². The van der Waals surface area contributed by atoms with Gasteiger partial charge in [0.05, 0.1) is 22.6 Å². The molecule has 0 atom stereocenters. The predicted octanol–water partition coefficient (Wildman–Crippen LogP) is 4.75. The summed E-state index contributed by atoms with van der Waals surface area (Å²) in [5.41, 5.74) is 2.01. The first-order chi connectivity index (χ1) is 16.5. The van der Waals surface area contributed by atoms with Crippen LogP contribution in [0.5, 0.6) is 0 Å². The number of rotatable bonds is 8. The van der Waals surface area contributed by atoms with Gasteiger partial charge in [0.2, 0.25) is 20.0 Å². The van der Waals surface area contributed by atoms with Gasteiger partial charge in [0.15, 0.2) is 0 Å². The van der Waals surface area contributed by atoms with E-state index >= 15 is 0 Å². The third-order valence-corrected chi connectivity index (χ3v) is 9.97. The van der Waals surface area contributed by atoms with E-state index in [9.17, 15) is 16.8 Å². The highest BCUT2D eigenvalue weighted by Gasteiger charge is 2.29. The summed E-state index contributed by atoms with van der Waals surface area (Å²) in [5.74, 6) is 0.521. The summed E-state index contributed by atoms with van der Waals surface area (Å²) in [7, 11) is -7.55. The molecule has 4 rings (SSSR count). The van der Waals surface area contributed by atoms with Crippen LogP contribution in [0, 0.1) is 0 Å². The fourth-order valence-corrected chi connectivity index (χ4v) is 7.04. The van der Waals surface area contributed by atoms with Crippen LogP contribution in [0.15, 0.2) is 81.1 Å². The van der Waals surface area contributed by atoms with Crippen LogP contribution < -0.4 is 0 Å². The topological polar surface area (TPSA) is 87.9 Å². The lowest BCUT2D eigenvalue weighted by Crippen LogP contribution is -2.30. The van der Waals surface area contributed by atoms with Gasteiger partial charge < -0.3 is 4.42 Å². The second-order valence-corrected chi connectivity index (χ2v) is 13.8. The molecule has 0 bridgehead atoms. The highest BCUT2D eigenvalue weighted by Crippen LogP contribution is 2.27. The normalized spacial score (nSPS) is 15.7. The summed E-state index contributed by atoms with van der Waals surface area (Å²) in [6.07, 6.45) is 3.19. The van der Waals surface area contributed by atoms with Gasteiger partial charge in [-0.15, -0.1) is 0 Å². The quantitative estimate of drug-likeness (QED) is 0.431. The van der Waals surface area contributed by atoms with Crippen molar-refractivity contribution in [3.8, 4) is 0 Å². The van der Waals surface area contributed by atoms with E-state index in [-0.39, 0.29) is 28.3 Å². The fourth-order valence-electron chi connectivity index (χ4n) is 4.13. The molecule has 1 aliphatic heterocycles. The third kappa shape index (κ3) is 5.69. The summed E-state index contributed by atoms with van der Waals surface area (Å²) in [6.45, 7) is 7.59. The molecule has 9 heteroatoms. The van der Waals surface area contributed by atoms with Crippen LogP contribution >= 0.6 is 0 Å². The lowest BCUT2D eigenvalue weighted by molar-refractivity contribution is 0.358. The van der Waals surface area contributed by atoms with Crippen molar-refractivity contribution in [2.75, 3.05) is 13.1 Å². The van der Waals surface area contributed by atoms with E-state index in [1.165, 1.54) is 39.1 Å². The van der Waals surface area contributed by atoms with Crippen molar-refractivity contribution in [3.63, 3.8) is 0 Å². The Morgan fingerprint density at radius 2 is 1.43 bits per heavy atom. The summed E-state index contributed by atoms with van der Waals surface area (Å²) < 4.78 is 61.1. The van der Waals surface area contributed by atoms with Crippen molar-refractivity contribution >= 4 is 20.0 Å². The van der Waals surface area contributed by atoms with Crippen molar-refractivity contribution in [3.05, 3.63) is 83.8 Å². The largest absolute Gasteiger partial charge is 0.468 e. The Labute approximate surface area is 208 Å². The van der Waals surface area contributed by atoms with E-state index in [1.54, 1.807) is 12.1 Å². The van der Waals surface area contributed by atoms with Gasteiger partial charge in [-0.1, -0.05) is 45.0 Å². The van der Waals surface area contributed by atoms with Gasteiger partial charge in [-0.2, -0.15) is 8.61 Å². The molecular formula is C26H32N2O5S2. The monoisotopic (exact) mass is 516 g/mol. The van der Waals surface area contributed by atoms with Crippen molar-refractivity contribution in [2.45, 2.75) is 61.9 Å². The van der Waals surface area contributed by atoms with Crippen LogP contribution in [0.25, 0.3) is 0 Å². The summed E-state index contributed by atoms with van der Waals surface area (Å²) >= 11 is 0. The molecule has 35 heavy (non-hydrogen) atoms. The molecular weight excluding hydrogens is 484 g/mol. The molecule has 0 radical (unpaired) electrons. The molecule has 2 heterocycles. The van der Waals surface area contributed by atoms with Crippen molar-refractivity contribution < 1.29 is 21.3 Å². The Balaban J connectivity index is 1.62. The third-order valence-electron chi connectivity index (χ3n) is 6.26. The maximum Gasteiger partial charge on any atom is 0.243 e. The molecule has 1 saturated heterocycles. The highest BCUT2D eigenvalue weighted by atomic mass is 32.2. The van der Waals surface area contributed by atoms with E-state index in [1.807, 2.05) is 24.3 Å². The SMILES string of the molecule is CC(C)(C)c1ccc(CN(Cc2ccco2)S(=O)(=O)c2ccc(S(=O)(=O)N3CCCC3)cc2)cc1. The zero-order chi connectivity index (χ0) is 25.3. The molecule has 0 aliphatic carbocycles. The molecule has 0 unspecified atom stereocenters. The van der Waals surface area contributed by atoms with Gasteiger partial charge in [0.1, 0.15) is 5.76 Å². The minimum Gasteiger partial charge on any atom is -0.468 e. The van der Waals surface area contributed by atoms with Gasteiger partial charge >= 0.3 is 0 Å². The van der Waals surface area contributed by atoms with Crippen molar-refractivity contribution in [2.24, 2.45) is 0 Å². The molecule has 3 aromatic rings. The zero-order valence-electron chi connectivity index (χ0n) is 20.3. The Morgan fingerprint density at radius 3 is 1.97 bits per heavy atom. The standard InChI is InChI=1S/C26H32N2O5S2/c1-26(2,3)22-10-8-21(9-11-22)19-28(20-23-7-6-18-33-23)35(31,32)25-14-12-24(13-15-25)34(29,30)27-16-4-5-17-27/h6-15,18H,4-5,16-17,19-20H2,1-3H3. The number of benzene rings is 2. The van der Waals surface area contributed by atoms with E-state index in [0.717, 1.165) is 24.0 Å². The molecule has 1 aliphatic rings. The minimum atomic E-state index is -3.93. The maximum atomic E-state index is 13.6. The summed E-state index contributed by atoms with van der Waals surface area (Å²) in [6, 6.07) is 16.9. The van der Waals surface area contributed by atoms with E-state index in [2.05, 4.69) is 20.8 Å². The second-order valence-electron chi connectivity index (χ2n) is 9.88. The Bertz CT molecular complexity index is 1330. The first-order valence-electron chi connectivity index (χ1n) is 11.7. The Hall–Kier alpha value is -2.46. The zero-order valence-corrected chi connectivity index (χ0v) is 22.0. The average Bonchev–Trinajstić information content (AvgIpc) is 3.53. The summed E-state index contributed by atoms with van der Waals surface area (Å²) in [5, 5.41) is 0. The number of sulfonamides is 2. The Kier molecular flexibility index (Phi) is 7.24. The molecule has 188 valence electrons. The fraction of sp³-hybridized carbons (Fsp3) is 0.385. The highest BCUT2D eigenvalue weighted by molar-refractivity contribution is 7.89. The number of hydrogen-bond donors (Lipinski definition) is 0. The van der Waals surface area contributed by atoms with Crippen LogP contribution in [0.2, 0.25) is 0 Å². The molecule has 0 spiro atoms. The lowest BCUT2D eigenvalue weighted by atomic mass is 9.87. The maximum absolute atomic E-state index is 13.6. The number of hydrogen-bond acceptors (Lipinski definition) is 5. The van der Waals surface area contributed by atoms with Crippen LogP contribution in [0.3, 0.4) is 0 Å². The second kappa shape index (κ2) is 9.89. The molecule has 0 saturated carbocycles. The van der Waals surface area contributed by atoms with E-state index in [0.29, 0.717) is 18.8 Å². The van der Waals surface area contributed by atoms with E-state index < -0.39 is 20.0 Å². The van der Waals surface area contributed by atoms with Crippen LogP contribution in [0.1, 0.15) is 50.5 Å².